The number of hydrogen-bond donors (Lipinski definition) is 2. The molecule has 13 heavy (non-hydrogen) atoms. The quantitative estimate of drug-likeness (QED) is 0.750. The first-order chi connectivity index (χ1) is 6.18. The summed E-state index contributed by atoms with van der Waals surface area (Å²) in [4.78, 5) is 17.5. The summed E-state index contributed by atoms with van der Waals surface area (Å²) in [5.41, 5.74) is 0.985. The molecular weight excluding hydrogens is 236 g/mol. The number of H-pyrrole nitrogens is 1. The minimum Gasteiger partial charge on any atom is -0.478 e. The van der Waals surface area contributed by atoms with Crippen LogP contribution < -0.4 is 0 Å². The standard InChI is InChI=1S/C8H5BrN2O2/c9-7-1-4-5(8(12)13)2-10-6(4)3-11-7/h1-3,10H,(H,12,13). The zero-order valence-corrected chi connectivity index (χ0v) is 8.00. The van der Waals surface area contributed by atoms with Crippen molar-refractivity contribution in [2.75, 3.05) is 0 Å². The molecule has 2 heterocycles. The number of hydrogen-bond acceptors (Lipinski definition) is 2. The highest BCUT2D eigenvalue weighted by atomic mass is 79.9. The van der Waals surface area contributed by atoms with Gasteiger partial charge in [0.25, 0.3) is 0 Å². The molecule has 4 nitrogen and oxygen atoms in total. The van der Waals surface area contributed by atoms with Crippen LogP contribution in [-0.2, 0) is 0 Å². The van der Waals surface area contributed by atoms with E-state index in [2.05, 4.69) is 25.9 Å². The molecule has 0 aromatic carbocycles. The van der Waals surface area contributed by atoms with Crippen LogP contribution in [0.5, 0.6) is 0 Å². The van der Waals surface area contributed by atoms with Gasteiger partial charge in [-0.15, -0.1) is 0 Å². The molecule has 0 spiro atoms. The van der Waals surface area contributed by atoms with E-state index in [0.717, 1.165) is 5.52 Å². The van der Waals surface area contributed by atoms with Crippen molar-refractivity contribution in [1.82, 2.24) is 9.97 Å². The zero-order chi connectivity index (χ0) is 9.42. The molecule has 2 N–H and O–H groups in total. The predicted octanol–water partition coefficient (Wildman–Crippen LogP) is 2.02. The van der Waals surface area contributed by atoms with Gasteiger partial charge in [-0.05, 0) is 22.0 Å². The fourth-order valence-electron chi connectivity index (χ4n) is 1.17. The molecule has 0 saturated carbocycles. The van der Waals surface area contributed by atoms with Crippen LogP contribution in [0.15, 0.2) is 23.1 Å². The molecule has 0 unspecified atom stereocenters. The number of halogens is 1. The number of carbonyl (C=O) groups is 1. The highest BCUT2D eigenvalue weighted by Crippen LogP contribution is 2.20. The first-order valence-electron chi connectivity index (χ1n) is 3.54. The fraction of sp³-hybridized carbons (Fsp3) is 0. The summed E-state index contributed by atoms with van der Waals surface area (Å²) in [5, 5.41) is 9.47. The first-order valence-corrected chi connectivity index (χ1v) is 4.33. The molecule has 0 aliphatic carbocycles. The highest BCUT2D eigenvalue weighted by molar-refractivity contribution is 9.10. The molecule has 2 aromatic rings. The molecule has 0 fully saturated rings. The van der Waals surface area contributed by atoms with E-state index in [9.17, 15) is 4.79 Å². The number of fused-ring (bicyclic) bond motifs is 1. The highest BCUT2D eigenvalue weighted by Gasteiger charge is 2.10. The summed E-state index contributed by atoms with van der Waals surface area (Å²) < 4.78 is 0.627. The molecule has 0 aliphatic rings. The summed E-state index contributed by atoms with van der Waals surface area (Å²) in [5.74, 6) is -0.940. The summed E-state index contributed by atoms with van der Waals surface area (Å²) in [7, 11) is 0. The molecule has 0 amide bonds. The van der Waals surface area contributed by atoms with E-state index in [1.165, 1.54) is 6.20 Å². The van der Waals surface area contributed by atoms with Crippen LogP contribution in [0, 0.1) is 0 Å². The topological polar surface area (TPSA) is 66.0 Å². The molecule has 5 heteroatoms. The van der Waals surface area contributed by atoms with Crippen LogP contribution in [0.2, 0.25) is 0 Å². The number of carboxylic acid groups (broad SMARTS) is 1. The third-order valence-corrected chi connectivity index (χ3v) is 2.20. The van der Waals surface area contributed by atoms with E-state index in [1.54, 1.807) is 12.3 Å². The Balaban J connectivity index is 2.79. The normalized spacial score (nSPS) is 10.5. The fourth-order valence-corrected chi connectivity index (χ4v) is 1.50. The Kier molecular flexibility index (Phi) is 1.81. The lowest BCUT2D eigenvalue weighted by atomic mass is 10.2. The lowest BCUT2D eigenvalue weighted by molar-refractivity contribution is 0.0699. The Morgan fingerprint density at radius 1 is 1.62 bits per heavy atom. The Hall–Kier alpha value is -1.36. The van der Waals surface area contributed by atoms with E-state index in [1.807, 2.05) is 0 Å². The number of carboxylic acids is 1. The van der Waals surface area contributed by atoms with Gasteiger partial charge >= 0.3 is 5.97 Å². The second kappa shape index (κ2) is 2.85. The van der Waals surface area contributed by atoms with Crippen molar-refractivity contribution in [3.63, 3.8) is 0 Å². The lowest BCUT2D eigenvalue weighted by Crippen LogP contribution is -1.93. The van der Waals surface area contributed by atoms with Crippen molar-refractivity contribution in [3.05, 3.63) is 28.6 Å². The van der Waals surface area contributed by atoms with E-state index >= 15 is 0 Å². The van der Waals surface area contributed by atoms with Gasteiger partial charge in [0.15, 0.2) is 0 Å². The van der Waals surface area contributed by atoms with Gasteiger partial charge in [-0.1, -0.05) is 0 Å². The van der Waals surface area contributed by atoms with Gasteiger partial charge in [0.1, 0.15) is 4.60 Å². The number of nitrogens with zero attached hydrogens (tertiary/aromatic N) is 1. The summed E-state index contributed by atoms with van der Waals surface area (Å²) in [6, 6.07) is 1.68. The lowest BCUT2D eigenvalue weighted by Gasteiger charge is -1.92. The summed E-state index contributed by atoms with van der Waals surface area (Å²) in [6.45, 7) is 0. The van der Waals surface area contributed by atoms with Crippen LogP contribution in [0.1, 0.15) is 10.4 Å². The number of nitrogens with one attached hydrogen (secondary N) is 1. The smallest absolute Gasteiger partial charge is 0.337 e. The van der Waals surface area contributed by atoms with Gasteiger partial charge < -0.3 is 10.1 Å². The van der Waals surface area contributed by atoms with Crippen LogP contribution in [0.25, 0.3) is 10.9 Å². The SMILES string of the molecule is O=C(O)c1c[nH]c2cnc(Br)cc12. The number of aromatic amines is 1. The largest absolute Gasteiger partial charge is 0.478 e. The molecule has 0 aliphatic heterocycles. The van der Waals surface area contributed by atoms with Gasteiger partial charge in [-0.3, -0.25) is 0 Å². The van der Waals surface area contributed by atoms with Gasteiger partial charge in [0.2, 0.25) is 0 Å². The van der Waals surface area contributed by atoms with E-state index in [0.29, 0.717) is 9.99 Å². The summed E-state index contributed by atoms with van der Waals surface area (Å²) in [6.07, 6.45) is 3.05. The molecule has 0 radical (unpaired) electrons. The maximum atomic E-state index is 10.7. The second-order valence-corrected chi connectivity index (χ2v) is 3.37. The average molecular weight is 241 g/mol. The van der Waals surface area contributed by atoms with Gasteiger partial charge in [-0.25, -0.2) is 9.78 Å². The van der Waals surface area contributed by atoms with E-state index in [-0.39, 0.29) is 5.56 Å². The van der Waals surface area contributed by atoms with Gasteiger partial charge in [0.05, 0.1) is 17.3 Å². The van der Waals surface area contributed by atoms with Crippen molar-refractivity contribution in [3.8, 4) is 0 Å². The molecule has 2 aromatic heterocycles. The van der Waals surface area contributed by atoms with Crippen LogP contribution in [-0.4, -0.2) is 21.0 Å². The molecule has 0 bridgehead atoms. The van der Waals surface area contributed by atoms with Crippen molar-refractivity contribution < 1.29 is 9.90 Å². The molecule has 0 saturated heterocycles. The number of aromatic carboxylic acids is 1. The van der Waals surface area contributed by atoms with Crippen LogP contribution in [0.3, 0.4) is 0 Å². The molecular formula is C8H5BrN2O2. The molecule has 0 atom stereocenters. The van der Waals surface area contributed by atoms with Crippen LogP contribution >= 0.6 is 15.9 Å². The van der Waals surface area contributed by atoms with E-state index < -0.39 is 5.97 Å². The maximum absolute atomic E-state index is 10.7. The first kappa shape index (κ1) is 8.25. The minimum absolute atomic E-state index is 0.262. The Bertz CT molecular complexity index is 478. The predicted molar refractivity (Wildman–Crippen MR) is 50.8 cm³/mol. The maximum Gasteiger partial charge on any atom is 0.337 e. The van der Waals surface area contributed by atoms with Crippen molar-refractivity contribution in [2.24, 2.45) is 0 Å². The third-order valence-electron chi connectivity index (χ3n) is 1.76. The van der Waals surface area contributed by atoms with Crippen LogP contribution in [0.4, 0.5) is 0 Å². The molecule has 66 valence electrons. The Morgan fingerprint density at radius 2 is 2.38 bits per heavy atom. The minimum atomic E-state index is -0.940. The zero-order valence-electron chi connectivity index (χ0n) is 6.41. The Morgan fingerprint density at radius 3 is 3.08 bits per heavy atom. The van der Waals surface area contributed by atoms with E-state index in [4.69, 9.17) is 5.11 Å². The van der Waals surface area contributed by atoms with Crippen molar-refractivity contribution in [2.45, 2.75) is 0 Å². The Labute approximate surface area is 81.7 Å². The number of rotatable bonds is 1. The third kappa shape index (κ3) is 1.31. The van der Waals surface area contributed by atoms with Gasteiger partial charge in [-0.2, -0.15) is 0 Å². The van der Waals surface area contributed by atoms with Crippen molar-refractivity contribution in [1.29, 1.82) is 0 Å². The van der Waals surface area contributed by atoms with Gasteiger partial charge in [0, 0.05) is 11.6 Å². The second-order valence-electron chi connectivity index (χ2n) is 2.56. The average Bonchev–Trinajstić information content (AvgIpc) is 2.46. The molecule has 2 rings (SSSR count). The number of aromatic nitrogens is 2. The summed E-state index contributed by atoms with van der Waals surface area (Å²) >= 11 is 3.18. The number of pyridine rings is 1. The van der Waals surface area contributed by atoms with Crippen molar-refractivity contribution >= 4 is 32.8 Å². The monoisotopic (exact) mass is 240 g/mol.